The molecule has 0 saturated heterocycles. The third-order valence-corrected chi connectivity index (χ3v) is 6.86. The molecule has 9 nitrogen and oxygen atoms in total. The summed E-state index contributed by atoms with van der Waals surface area (Å²) in [6.07, 6.45) is -7.96. The van der Waals surface area contributed by atoms with Gasteiger partial charge in [0.1, 0.15) is 11.1 Å². The van der Waals surface area contributed by atoms with Crippen LogP contribution in [0.3, 0.4) is 0 Å². The van der Waals surface area contributed by atoms with Crippen LogP contribution in [-0.4, -0.2) is 73.6 Å². The maximum Gasteiger partial charge on any atom is 0.490 e. The third-order valence-electron chi connectivity index (χ3n) is 3.34. The third kappa shape index (κ3) is 10.0. The number of fused-ring (bicyclic) bond motifs is 1. The van der Waals surface area contributed by atoms with E-state index in [0.29, 0.717) is 28.6 Å². The number of hydrogen-bond acceptors (Lipinski definition) is 9. The molecule has 0 spiro atoms. The SMILES string of the molecule is O=C(O)C(F)(F)F.O=C(O)CCSSCCNC(=O)C(O)C(O)c1nc2ccccc2s1. The highest BCUT2D eigenvalue weighted by atomic mass is 33.1. The molecule has 0 radical (unpaired) electrons. The van der Waals surface area contributed by atoms with E-state index in [1.54, 1.807) is 6.07 Å². The number of para-hydroxylation sites is 1. The van der Waals surface area contributed by atoms with Crippen molar-refractivity contribution in [2.45, 2.75) is 24.8 Å². The smallest absolute Gasteiger partial charge is 0.481 e. The predicted octanol–water partition coefficient (Wildman–Crippen LogP) is 2.30. The number of thiazole rings is 1. The number of nitrogens with zero attached hydrogens (tertiary/aromatic N) is 1. The molecule has 0 fully saturated rings. The molecular weight excluding hydrogens is 497 g/mol. The molecule has 5 N–H and O–H groups in total. The van der Waals surface area contributed by atoms with E-state index in [9.17, 15) is 33.0 Å². The van der Waals surface area contributed by atoms with Crippen molar-refractivity contribution in [3.8, 4) is 0 Å². The van der Waals surface area contributed by atoms with E-state index in [1.165, 1.54) is 32.9 Å². The van der Waals surface area contributed by atoms with Crippen LogP contribution >= 0.6 is 32.9 Å². The normalized spacial score (nSPS) is 13.0. The second kappa shape index (κ2) is 13.5. The minimum absolute atomic E-state index is 0.0943. The summed E-state index contributed by atoms with van der Waals surface area (Å²) in [7, 11) is 2.85. The highest BCUT2D eigenvalue weighted by molar-refractivity contribution is 8.76. The molecule has 178 valence electrons. The van der Waals surface area contributed by atoms with Crippen molar-refractivity contribution in [2.75, 3.05) is 18.1 Å². The molecule has 0 bridgehead atoms. The molecular formula is C17H19F3N2O7S3. The van der Waals surface area contributed by atoms with Crippen molar-refractivity contribution >= 4 is 61.0 Å². The Bertz CT molecular complexity index is 878. The average Bonchev–Trinajstić information content (AvgIpc) is 3.15. The van der Waals surface area contributed by atoms with Gasteiger partial charge in [0.25, 0.3) is 5.91 Å². The molecule has 2 rings (SSSR count). The molecule has 0 saturated carbocycles. The first-order chi connectivity index (χ1) is 14.9. The van der Waals surface area contributed by atoms with Crippen molar-refractivity contribution in [3.05, 3.63) is 29.3 Å². The van der Waals surface area contributed by atoms with Crippen LogP contribution in [0.25, 0.3) is 10.2 Å². The number of aromatic nitrogens is 1. The second-order valence-corrected chi connectivity index (χ2v) is 9.56. The van der Waals surface area contributed by atoms with Gasteiger partial charge in [-0.15, -0.1) is 11.3 Å². The lowest BCUT2D eigenvalue weighted by molar-refractivity contribution is -0.192. The number of aliphatic hydroxyl groups excluding tert-OH is 2. The fourth-order valence-corrected chi connectivity index (χ4v) is 4.73. The van der Waals surface area contributed by atoms with E-state index in [0.717, 1.165) is 4.70 Å². The fourth-order valence-electron chi connectivity index (χ4n) is 1.86. The molecule has 1 aromatic heterocycles. The number of carbonyl (C=O) groups excluding carboxylic acids is 1. The van der Waals surface area contributed by atoms with Crippen LogP contribution in [0, 0.1) is 0 Å². The largest absolute Gasteiger partial charge is 0.490 e. The summed E-state index contributed by atoms with van der Waals surface area (Å²) < 4.78 is 32.6. The number of carboxylic acid groups (broad SMARTS) is 2. The summed E-state index contributed by atoms with van der Waals surface area (Å²) in [5, 5.41) is 38.6. The summed E-state index contributed by atoms with van der Waals surface area (Å²) in [5.74, 6) is -3.20. The molecule has 0 aliphatic heterocycles. The van der Waals surface area contributed by atoms with Crippen LogP contribution in [0.5, 0.6) is 0 Å². The summed E-state index contributed by atoms with van der Waals surface area (Å²) in [5.41, 5.74) is 0.712. The van der Waals surface area contributed by atoms with E-state index >= 15 is 0 Å². The minimum atomic E-state index is -5.08. The molecule has 1 amide bonds. The van der Waals surface area contributed by atoms with Crippen molar-refractivity contribution in [1.82, 2.24) is 10.3 Å². The number of hydrogen-bond donors (Lipinski definition) is 5. The molecule has 0 aliphatic rings. The summed E-state index contributed by atoms with van der Waals surface area (Å²) in [4.78, 5) is 35.4. The van der Waals surface area contributed by atoms with Gasteiger partial charge >= 0.3 is 18.1 Å². The zero-order valence-electron chi connectivity index (χ0n) is 16.1. The second-order valence-electron chi connectivity index (χ2n) is 5.79. The van der Waals surface area contributed by atoms with Crippen LogP contribution in [0.15, 0.2) is 24.3 Å². The Hall–Kier alpha value is -2.07. The number of aliphatic hydroxyl groups is 2. The van der Waals surface area contributed by atoms with Gasteiger partial charge in [-0.2, -0.15) is 13.2 Å². The van der Waals surface area contributed by atoms with E-state index in [1.807, 2.05) is 18.2 Å². The predicted molar refractivity (Wildman–Crippen MR) is 114 cm³/mol. The Morgan fingerprint density at radius 1 is 1.09 bits per heavy atom. The number of rotatable bonds is 10. The van der Waals surface area contributed by atoms with Gasteiger partial charge in [-0.3, -0.25) is 9.59 Å². The molecule has 32 heavy (non-hydrogen) atoms. The molecule has 2 atom stereocenters. The monoisotopic (exact) mass is 516 g/mol. The van der Waals surface area contributed by atoms with Gasteiger partial charge in [0.2, 0.25) is 0 Å². The van der Waals surface area contributed by atoms with E-state index in [2.05, 4.69) is 10.3 Å². The molecule has 2 aromatic rings. The number of alkyl halides is 3. The fraction of sp³-hybridized carbons (Fsp3) is 0.412. The number of carboxylic acids is 2. The molecule has 1 heterocycles. The lowest BCUT2D eigenvalue weighted by Gasteiger charge is -2.15. The maximum atomic E-state index is 11.9. The van der Waals surface area contributed by atoms with Crippen LogP contribution in [0.1, 0.15) is 17.5 Å². The quantitative estimate of drug-likeness (QED) is 0.234. The lowest BCUT2D eigenvalue weighted by Crippen LogP contribution is -2.39. The Kier molecular flexibility index (Phi) is 11.8. The first-order valence-electron chi connectivity index (χ1n) is 8.69. The van der Waals surface area contributed by atoms with Gasteiger partial charge in [0, 0.05) is 18.1 Å². The zero-order valence-corrected chi connectivity index (χ0v) is 18.6. The molecule has 15 heteroatoms. The average molecular weight is 517 g/mol. The Balaban J connectivity index is 0.000000633. The van der Waals surface area contributed by atoms with Gasteiger partial charge in [-0.05, 0) is 12.1 Å². The number of aliphatic carboxylic acids is 2. The number of halogens is 3. The van der Waals surface area contributed by atoms with Gasteiger partial charge in [0.15, 0.2) is 6.10 Å². The van der Waals surface area contributed by atoms with Crippen LogP contribution in [-0.2, 0) is 14.4 Å². The van der Waals surface area contributed by atoms with Gasteiger partial charge < -0.3 is 25.7 Å². The molecule has 2 unspecified atom stereocenters. The van der Waals surface area contributed by atoms with Crippen molar-refractivity contribution < 1.29 is 48.0 Å². The molecule has 0 aliphatic carbocycles. The lowest BCUT2D eigenvalue weighted by atomic mass is 10.2. The van der Waals surface area contributed by atoms with E-state index in [-0.39, 0.29) is 6.42 Å². The Labute approximate surface area is 191 Å². The summed E-state index contributed by atoms with van der Waals surface area (Å²) >= 11 is 1.23. The molecule has 1 aromatic carbocycles. The van der Waals surface area contributed by atoms with E-state index in [4.69, 9.17) is 15.0 Å². The number of nitrogens with one attached hydrogen (secondary N) is 1. The Morgan fingerprint density at radius 3 is 2.25 bits per heavy atom. The van der Waals surface area contributed by atoms with Crippen molar-refractivity contribution in [1.29, 1.82) is 0 Å². The number of amides is 1. The van der Waals surface area contributed by atoms with Gasteiger partial charge in [-0.1, -0.05) is 33.7 Å². The maximum absolute atomic E-state index is 11.9. The van der Waals surface area contributed by atoms with Crippen LogP contribution in [0.4, 0.5) is 13.2 Å². The van der Waals surface area contributed by atoms with Gasteiger partial charge in [-0.25, -0.2) is 9.78 Å². The highest BCUT2D eigenvalue weighted by Crippen LogP contribution is 2.28. The van der Waals surface area contributed by atoms with Crippen molar-refractivity contribution in [3.63, 3.8) is 0 Å². The van der Waals surface area contributed by atoms with Crippen molar-refractivity contribution in [2.24, 2.45) is 0 Å². The highest BCUT2D eigenvalue weighted by Gasteiger charge is 2.38. The summed E-state index contributed by atoms with van der Waals surface area (Å²) in [6, 6.07) is 7.34. The first kappa shape index (κ1) is 28.0. The van der Waals surface area contributed by atoms with E-state index < -0.39 is 36.2 Å². The van der Waals surface area contributed by atoms with Crippen LogP contribution < -0.4 is 5.32 Å². The standard InChI is InChI=1S/C15H18N2O5S3.C2HF3O2/c18-11(19)5-7-23-24-8-6-16-14(22)12(20)13(21)15-17-9-3-1-2-4-10(9)25-15;3-2(4,5)1(6)7/h1-4,12-13,20-21H,5-8H2,(H,16,22)(H,18,19);(H,6,7). The van der Waals surface area contributed by atoms with Gasteiger partial charge in [0.05, 0.1) is 16.6 Å². The first-order valence-corrected chi connectivity index (χ1v) is 12.0. The number of benzene rings is 1. The summed E-state index contributed by atoms with van der Waals surface area (Å²) in [6.45, 7) is 0.313. The topological polar surface area (TPSA) is 157 Å². The van der Waals surface area contributed by atoms with Crippen LogP contribution in [0.2, 0.25) is 0 Å². The number of carbonyl (C=O) groups is 3. The zero-order chi connectivity index (χ0) is 24.3. The minimum Gasteiger partial charge on any atom is -0.481 e. The Morgan fingerprint density at radius 2 is 1.69 bits per heavy atom.